The average Bonchev–Trinajstić information content (AvgIpc) is 2.44. The van der Waals surface area contributed by atoms with Crippen molar-refractivity contribution in [2.24, 2.45) is 0 Å². The molecule has 0 radical (unpaired) electrons. The van der Waals surface area contributed by atoms with Gasteiger partial charge in [0.2, 0.25) is 0 Å². The van der Waals surface area contributed by atoms with Gasteiger partial charge in [-0.2, -0.15) is 0 Å². The standard InChI is InChI=1S/C12H24O6S/c1-14-7-8-9(15-2)10(16-3)11(17-4)12(18-8)19-6-5-13/h8-13H,5-7H2,1-4H3/t8-,9-,10+,11-,12+/m1/s1. The number of hydrogen-bond donors (Lipinski definition) is 1. The van der Waals surface area contributed by atoms with Gasteiger partial charge >= 0.3 is 0 Å². The molecule has 1 rings (SSSR count). The number of methoxy groups -OCH3 is 4. The Morgan fingerprint density at radius 2 is 1.63 bits per heavy atom. The van der Waals surface area contributed by atoms with E-state index in [2.05, 4.69) is 0 Å². The molecular formula is C12H24O6S. The van der Waals surface area contributed by atoms with Crippen LogP contribution in [0.3, 0.4) is 0 Å². The Kier molecular flexibility index (Phi) is 8.24. The Hall–Kier alpha value is 0.110. The number of rotatable bonds is 8. The topological polar surface area (TPSA) is 66.4 Å². The van der Waals surface area contributed by atoms with Crippen LogP contribution >= 0.6 is 11.8 Å². The molecule has 0 unspecified atom stereocenters. The second-order valence-electron chi connectivity index (χ2n) is 4.19. The second-order valence-corrected chi connectivity index (χ2v) is 5.40. The van der Waals surface area contributed by atoms with E-state index in [1.807, 2.05) is 0 Å². The molecular weight excluding hydrogens is 272 g/mol. The molecule has 0 spiro atoms. The van der Waals surface area contributed by atoms with E-state index in [4.69, 9.17) is 28.8 Å². The quantitative estimate of drug-likeness (QED) is 0.683. The van der Waals surface area contributed by atoms with Crippen LogP contribution in [0.2, 0.25) is 0 Å². The summed E-state index contributed by atoms with van der Waals surface area (Å²) in [4.78, 5) is 0. The van der Waals surface area contributed by atoms with Gasteiger partial charge in [0.25, 0.3) is 0 Å². The lowest BCUT2D eigenvalue weighted by Crippen LogP contribution is -2.59. The largest absolute Gasteiger partial charge is 0.396 e. The summed E-state index contributed by atoms with van der Waals surface area (Å²) < 4.78 is 27.6. The zero-order valence-corrected chi connectivity index (χ0v) is 12.7. The molecule has 0 saturated carbocycles. The van der Waals surface area contributed by atoms with Crippen molar-refractivity contribution in [3.63, 3.8) is 0 Å². The molecule has 114 valence electrons. The van der Waals surface area contributed by atoms with Crippen molar-refractivity contribution in [1.82, 2.24) is 0 Å². The lowest BCUT2D eigenvalue weighted by Gasteiger charge is -2.44. The van der Waals surface area contributed by atoms with Crippen molar-refractivity contribution in [3.05, 3.63) is 0 Å². The van der Waals surface area contributed by atoms with E-state index in [0.717, 1.165) is 0 Å². The van der Waals surface area contributed by atoms with Gasteiger partial charge in [-0.15, -0.1) is 11.8 Å². The first-order valence-electron chi connectivity index (χ1n) is 6.18. The molecule has 1 heterocycles. The van der Waals surface area contributed by atoms with E-state index < -0.39 is 0 Å². The fraction of sp³-hybridized carbons (Fsp3) is 1.00. The molecule has 0 aromatic rings. The van der Waals surface area contributed by atoms with Gasteiger partial charge in [0.05, 0.1) is 13.2 Å². The van der Waals surface area contributed by atoms with E-state index in [9.17, 15) is 0 Å². The van der Waals surface area contributed by atoms with Crippen LogP contribution in [-0.2, 0) is 23.7 Å². The Labute approximate surface area is 118 Å². The number of ether oxygens (including phenoxy) is 5. The van der Waals surface area contributed by atoms with Crippen molar-refractivity contribution in [1.29, 1.82) is 0 Å². The predicted molar refractivity (Wildman–Crippen MR) is 72.5 cm³/mol. The van der Waals surface area contributed by atoms with Gasteiger partial charge in [-0.25, -0.2) is 0 Å². The van der Waals surface area contributed by atoms with Gasteiger partial charge in [-0.1, -0.05) is 0 Å². The van der Waals surface area contributed by atoms with Crippen LogP contribution in [0.25, 0.3) is 0 Å². The van der Waals surface area contributed by atoms with Gasteiger partial charge in [0.15, 0.2) is 0 Å². The third-order valence-electron chi connectivity index (χ3n) is 3.11. The number of thioether (sulfide) groups is 1. The molecule has 5 atom stereocenters. The number of aliphatic hydroxyl groups excluding tert-OH is 1. The lowest BCUT2D eigenvalue weighted by atomic mass is 9.99. The Balaban J connectivity index is 2.82. The summed E-state index contributed by atoms with van der Waals surface area (Å²) in [5, 5.41) is 8.95. The van der Waals surface area contributed by atoms with Crippen molar-refractivity contribution < 1.29 is 28.8 Å². The Bertz CT molecular complexity index is 242. The maximum Gasteiger partial charge on any atom is 0.132 e. The van der Waals surface area contributed by atoms with Crippen molar-refractivity contribution in [2.75, 3.05) is 47.4 Å². The molecule has 19 heavy (non-hydrogen) atoms. The van der Waals surface area contributed by atoms with Gasteiger partial charge < -0.3 is 28.8 Å². The molecule has 0 amide bonds. The molecule has 1 N–H and O–H groups in total. The van der Waals surface area contributed by atoms with E-state index >= 15 is 0 Å². The van der Waals surface area contributed by atoms with E-state index in [-0.39, 0.29) is 36.5 Å². The molecule has 0 aromatic carbocycles. The molecule has 1 aliphatic heterocycles. The number of hydrogen-bond acceptors (Lipinski definition) is 7. The zero-order valence-electron chi connectivity index (χ0n) is 11.9. The highest BCUT2D eigenvalue weighted by Gasteiger charge is 2.47. The molecule has 1 fully saturated rings. The molecule has 1 aliphatic rings. The normalized spacial score (nSPS) is 35.5. The summed E-state index contributed by atoms with van der Waals surface area (Å²) in [5.41, 5.74) is -0.214. The van der Waals surface area contributed by atoms with Gasteiger partial charge in [0.1, 0.15) is 29.9 Å². The maximum absolute atomic E-state index is 8.95. The van der Waals surface area contributed by atoms with Crippen LogP contribution in [0.5, 0.6) is 0 Å². The van der Waals surface area contributed by atoms with E-state index in [1.165, 1.54) is 11.8 Å². The maximum atomic E-state index is 8.95. The fourth-order valence-corrected chi connectivity index (χ4v) is 3.30. The third-order valence-corrected chi connectivity index (χ3v) is 4.24. The highest BCUT2D eigenvalue weighted by atomic mass is 32.2. The highest BCUT2D eigenvalue weighted by Crippen LogP contribution is 2.32. The summed E-state index contributed by atoms with van der Waals surface area (Å²) in [6, 6.07) is 0. The smallest absolute Gasteiger partial charge is 0.132 e. The first kappa shape index (κ1) is 17.2. The average molecular weight is 296 g/mol. The Morgan fingerprint density at radius 3 is 2.11 bits per heavy atom. The van der Waals surface area contributed by atoms with Gasteiger partial charge in [0, 0.05) is 34.2 Å². The summed E-state index contributed by atoms with van der Waals surface area (Å²) >= 11 is 1.50. The summed E-state index contributed by atoms with van der Waals surface area (Å²) in [6.07, 6.45) is -0.955. The summed E-state index contributed by atoms with van der Waals surface area (Å²) in [7, 11) is 6.49. The third kappa shape index (κ3) is 4.29. The minimum atomic E-state index is -0.250. The predicted octanol–water partition coefficient (Wildman–Crippen LogP) is 0.128. The zero-order chi connectivity index (χ0) is 14.3. The summed E-state index contributed by atoms with van der Waals surface area (Å²) in [5.74, 6) is 0.582. The van der Waals surface area contributed by atoms with Crippen LogP contribution in [0.15, 0.2) is 0 Å². The van der Waals surface area contributed by atoms with Crippen LogP contribution in [0.4, 0.5) is 0 Å². The van der Waals surface area contributed by atoms with Crippen molar-refractivity contribution >= 4 is 11.8 Å². The number of aliphatic hydroxyl groups is 1. The first-order valence-corrected chi connectivity index (χ1v) is 7.23. The van der Waals surface area contributed by atoms with Crippen LogP contribution in [0.1, 0.15) is 0 Å². The lowest BCUT2D eigenvalue weighted by molar-refractivity contribution is -0.229. The van der Waals surface area contributed by atoms with Gasteiger partial charge in [-0.3, -0.25) is 0 Å². The summed E-state index contributed by atoms with van der Waals surface area (Å²) in [6.45, 7) is 0.520. The molecule has 6 nitrogen and oxygen atoms in total. The van der Waals surface area contributed by atoms with Crippen LogP contribution in [0, 0.1) is 0 Å². The fourth-order valence-electron chi connectivity index (χ4n) is 2.28. The first-order chi connectivity index (χ1) is 9.23. The van der Waals surface area contributed by atoms with Crippen molar-refractivity contribution in [2.45, 2.75) is 29.9 Å². The van der Waals surface area contributed by atoms with Gasteiger partial charge in [-0.05, 0) is 0 Å². The molecule has 1 saturated heterocycles. The van der Waals surface area contributed by atoms with E-state index in [1.54, 1.807) is 28.4 Å². The monoisotopic (exact) mass is 296 g/mol. The SMILES string of the molecule is COC[C@H]1O[C@@H](SCCO)[C@H](OC)[C@@H](OC)[C@@H]1OC. The second kappa shape index (κ2) is 9.12. The minimum absolute atomic E-state index is 0.0985. The highest BCUT2D eigenvalue weighted by molar-refractivity contribution is 7.99. The van der Waals surface area contributed by atoms with Crippen LogP contribution in [-0.4, -0.2) is 82.4 Å². The van der Waals surface area contributed by atoms with Crippen LogP contribution < -0.4 is 0 Å². The molecule has 0 bridgehead atoms. The molecule has 7 heteroatoms. The van der Waals surface area contributed by atoms with Crippen molar-refractivity contribution in [3.8, 4) is 0 Å². The van der Waals surface area contributed by atoms with E-state index in [0.29, 0.717) is 12.4 Å². The minimum Gasteiger partial charge on any atom is -0.396 e. The molecule has 0 aromatic heterocycles. The molecule has 0 aliphatic carbocycles. The Morgan fingerprint density at radius 1 is 1.00 bits per heavy atom.